The Labute approximate surface area is 226 Å². The first-order chi connectivity index (χ1) is 18.6. The van der Waals surface area contributed by atoms with Gasteiger partial charge < -0.3 is 26.0 Å². The van der Waals surface area contributed by atoms with Crippen LogP contribution >= 0.6 is 0 Å². The quantitative estimate of drug-likeness (QED) is 0.155. The Morgan fingerprint density at radius 1 is 1.00 bits per heavy atom. The topological polar surface area (TPSA) is 178 Å². The van der Waals surface area contributed by atoms with E-state index >= 15 is 0 Å². The molecule has 2 aromatic rings. The monoisotopic (exact) mass is 539 g/mol. The Morgan fingerprint density at radius 2 is 1.59 bits per heavy atom. The van der Waals surface area contributed by atoms with Crippen LogP contribution < -0.4 is 16.2 Å². The number of piperidine rings is 1. The van der Waals surface area contributed by atoms with E-state index in [0.29, 0.717) is 35.7 Å². The molecule has 1 aliphatic heterocycles. The molecule has 2 amide bonds. The number of carboxylic acid groups (broad SMARTS) is 1. The standard InChI is InChI=1S/C25H29N5O5.C2H4O2/c1-2-34-25(33)30(29-16-4-3-5-17-29)22(31)15-8-18-6-9-19(10-7-18)23(32)35-21-13-11-20(12-14-21)28-24(26)27;1-2(3)4/h6-15H,2-5,16-17H2,1H3,(H4,26,27,28);1H3,(H,3,4). The number of ether oxygens (including phenoxy) is 2. The molecule has 0 saturated carbocycles. The van der Waals surface area contributed by atoms with Crippen molar-refractivity contribution in [2.45, 2.75) is 33.1 Å². The van der Waals surface area contributed by atoms with Gasteiger partial charge in [-0.2, -0.15) is 5.01 Å². The highest BCUT2D eigenvalue weighted by Gasteiger charge is 2.29. The fraction of sp³-hybridized carbons (Fsp3) is 0.296. The summed E-state index contributed by atoms with van der Waals surface area (Å²) in [6.07, 6.45) is 5.09. The number of benzene rings is 2. The van der Waals surface area contributed by atoms with E-state index in [0.717, 1.165) is 31.2 Å². The van der Waals surface area contributed by atoms with Gasteiger partial charge in [0.1, 0.15) is 5.75 Å². The molecule has 0 unspecified atom stereocenters. The van der Waals surface area contributed by atoms with E-state index in [4.69, 9.17) is 30.8 Å². The van der Waals surface area contributed by atoms with Crippen LogP contribution in [-0.2, 0) is 14.3 Å². The van der Waals surface area contributed by atoms with Crippen LogP contribution in [0.4, 0.5) is 10.5 Å². The number of nitrogens with zero attached hydrogens (tertiary/aromatic N) is 3. The van der Waals surface area contributed by atoms with Crippen LogP contribution in [0.3, 0.4) is 0 Å². The SMILES string of the molecule is CC(=O)O.CCOC(=O)N(C(=O)C=Cc1ccc(C(=O)Oc2ccc(N=C(N)N)cc2)cc1)N1CCCCC1. The summed E-state index contributed by atoms with van der Waals surface area (Å²) < 4.78 is 10.4. The van der Waals surface area contributed by atoms with Gasteiger partial charge in [-0.25, -0.2) is 19.6 Å². The predicted octanol–water partition coefficient (Wildman–Crippen LogP) is 3.30. The maximum absolute atomic E-state index is 12.8. The maximum Gasteiger partial charge on any atom is 0.431 e. The third kappa shape index (κ3) is 10.7. The molecule has 1 heterocycles. The highest BCUT2D eigenvalue weighted by Crippen LogP contribution is 2.19. The molecular weight excluding hydrogens is 506 g/mol. The number of imide groups is 1. The van der Waals surface area contributed by atoms with Gasteiger partial charge in [0, 0.05) is 26.1 Å². The zero-order valence-electron chi connectivity index (χ0n) is 21.9. The van der Waals surface area contributed by atoms with Crippen LogP contribution in [0.5, 0.6) is 5.75 Å². The van der Waals surface area contributed by atoms with E-state index in [1.165, 1.54) is 6.08 Å². The summed E-state index contributed by atoms with van der Waals surface area (Å²) in [7, 11) is 0. The van der Waals surface area contributed by atoms with E-state index in [2.05, 4.69) is 4.99 Å². The summed E-state index contributed by atoms with van der Waals surface area (Å²) in [5.41, 5.74) is 12.2. The van der Waals surface area contributed by atoms with Crippen LogP contribution in [0, 0.1) is 0 Å². The van der Waals surface area contributed by atoms with Crippen molar-refractivity contribution in [1.82, 2.24) is 10.0 Å². The van der Waals surface area contributed by atoms with Crippen molar-refractivity contribution in [3.05, 3.63) is 65.7 Å². The Balaban J connectivity index is 0.00000124. The molecule has 1 aliphatic rings. The first-order valence-corrected chi connectivity index (χ1v) is 12.3. The molecule has 3 rings (SSSR count). The summed E-state index contributed by atoms with van der Waals surface area (Å²) in [6, 6.07) is 12.9. The largest absolute Gasteiger partial charge is 0.481 e. The fourth-order valence-electron chi connectivity index (χ4n) is 3.48. The van der Waals surface area contributed by atoms with Crippen LogP contribution in [0.1, 0.15) is 49.0 Å². The number of rotatable bonds is 7. The minimum Gasteiger partial charge on any atom is -0.481 e. The number of amides is 2. The number of aliphatic carboxylic acids is 1. The van der Waals surface area contributed by atoms with Crippen molar-refractivity contribution in [2.24, 2.45) is 16.5 Å². The predicted molar refractivity (Wildman–Crippen MR) is 145 cm³/mol. The molecule has 5 N–H and O–H groups in total. The zero-order chi connectivity index (χ0) is 28.8. The number of aliphatic imine (C=N–C) groups is 1. The van der Waals surface area contributed by atoms with Crippen molar-refractivity contribution in [1.29, 1.82) is 0 Å². The maximum atomic E-state index is 12.8. The third-order valence-electron chi connectivity index (χ3n) is 5.14. The zero-order valence-corrected chi connectivity index (χ0v) is 21.9. The van der Waals surface area contributed by atoms with Gasteiger partial charge in [0.15, 0.2) is 5.96 Å². The fourth-order valence-corrected chi connectivity index (χ4v) is 3.48. The number of nitrogens with two attached hydrogens (primary N) is 2. The number of hydrazine groups is 1. The first kappa shape index (κ1) is 30.5. The number of esters is 1. The van der Waals surface area contributed by atoms with E-state index in [1.807, 2.05) is 0 Å². The number of hydrogen-bond donors (Lipinski definition) is 3. The molecule has 12 heteroatoms. The van der Waals surface area contributed by atoms with Gasteiger partial charge in [-0.15, -0.1) is 0 Å². The van der Waals surface area contributed by atoms with E-state index in [1.54, 1.807) is 66.5 Å². The van der Waals surface area contributed by atoms with Gasteiger partial charge in [-0.3, -0.25) is 9.59 Å². The van der Waals surface area contributed by atoms with E-state index in [9.17, 15) is 14.4 Å². The minimum absolute atomic E-state index is 0.0642. The summed E-state index contributed by atoms with van der Waals surface area (Å²) in [6.45, 7) is 4.19. The number of guanidine groups is 1. The summed E-state index contributed by atoms with van der Waals surface area (Å²) in [4.78, 5) is 50.5. The second-order valence-electron chi connectivity index (χ2n) is 8.26. The van der Waals surface area contributed by atoms with Gasteiger partial charge in [-0.05, 0) is 67.8 Å². The second kappa shape index (κ2) is 15.5. The Morgan fingerprint density at radius 3 is 2.13 bits per heavy atom. The molecular formula is C27H33N5O7. The third-order valence-corrected chi connectivity index (χ3v) is 5.14. The lowest BCUT2D eigenvalue weighted by molar-refractivity contribution is -0.140. The van der Waals surface area contributed by atoms with Gasteiger partial charge in [0.2, 0.25) is 0 Å². The molecule has 208 valence electrons. The van der Waals surface area contributed by atoms with Crippen molar-refractivity contribution in [2.75, 3.05) is 19.7 Å². The Hall–Kier alpha value is -4.71. The lowest BCUT2D eigenvalue weighted by Crippen LogP contribution is -2.51. The van der Waals surface area contributed by atoms with Crippen LogP contribution in [0.2, 0.25) is 0 Å². The van der Waals surface area contributed by atoms with E-state index < -0.39 is 23.9 Å². The molecule has 1 saturated heterocycles. The average molecular weight is 540 g/mol. The highest BCUT2D eigenvalue weighted by atomic mass is 16.6. The van der Waals surface area contributed by atoms with Gasteiger partial charge in [-0.1, -0.05) is 18.6 Å². The van der Waals surface area contributed by atoms with Crippen LogP contribution in [0.15, 0.2) is 59.6 Å². The molecule has 12 nitrogen and oxygen atoms in total. The van der Waals surface area contributed by atoms with Gasteiger partial charge >= 0.3 is 12.1 Å². The smallest absolute Gasteiger partial charge is 0.431 e. The van der Waals surface area contributed by atoms with Gasteiger partial charge in [0.25, 0.3) is 11.9 Å². The second-order valence-corrected chi connectivity index (χ2v) is 8.26. The number of carbonyl (C=O) groups excluding carboxylic acids is 3. The lowest BCUT2D eigenvalue weighted by Gasteiger charge is -2.34. The normalized spacial score (nSPS) is 13.0. The number of carbonyl (C=O) groups is 4. The molecule has 2 aromatic carbocycles. The van der Waals surface area contributed by atoms with Crippen LogP contribution in [-0.4, -0.2) is 64.7 Å². The minimum atomic E-state index is -0.833. The summed E-state index contributed by atoms with van der Waals surface area (Å²) in [5.74, 6) is -1.58. The summed E-state index contributed by atoms with van der Waals surface area (Å²) >= 11 is 0. The molecule has 0 atom stereocenters. The number of hydrogen-bond acceptors (Lipinski definition) is 8. The molecule has 0 bridgehead atoms. The van der Waals surface area contributed by atoms with Crippen molar-refractivity contribution < 1.29 is 33.8 Å². The number of carboxylic acids is 1. The van der Waals surface area contributed by atoms with Crippen molar-refractivity contribution >= 4 is 41.7 Å². The Kier molecular flexibility index (Phi) is 12.1. The molecule has 1 fully saturated rings. The lowest BCUT2D eigenvalue weighted by atomic mass is 10.1. The van der Waals surface area contributed by atoms with Crippen LogP contribution in [0.25, 0.3) is 6.08 Å². The molecule has 0 aliphatic carbocycles. The first-order valence-electron chi connectivity index (χ1n) is 12.3. The summed E-state index contributed by atoms with van der Waals surface area (Å²) in [5, 5.41) is 10.2. The van der Waals surface area contributed by atoms with Gasteiger partial charge in [0.05, 0.1) is 17.9 Å². The van der Waals surface area contributed by atoms with E-state index in [-0.39, 0.29) is 12.6 Å². The molecule has 0 radical (unpaired) electrons. The molecule has 39 heavy (non-hydrogen) atoms. The highest BCUT2D eigenvalue weighted by molar-refractivity contribution is 6.00. The molecule has 0 aromatic heterocycles. The van der Waals surface area contributed by atoms with Crippen molar-refractivity contribution in [3.63, 3.8) is 0 Å². The molecule has 0 spiro atoms. The average Bonchev–Trinajstić information content (AvgIpc) is 2.89. The van der Waals surface area contributed by atoms with Crippen molar-refractivity contribution in [3.8, 4) is 5.75 Å². The Bertz CT molecular complexity index is 1180.